The summed E-state index contributed by atoms with van der Waals surface area (Å²) in [5.41, 5.74) is 1.84. The van der Waals surface area contributed by atoms with E-state index in [4.69, 9.17) is 23.2 Å². The van der Waals surface area contributed by atoms with Crippen molar-refractivity contribution in [3.05, 3.63) is 63.6 Å². The predicted octanol–water partition coefficient (Wildman–Crippen LogP) is 6.26. The van der Waals surface area contributed by atoms with Crippen molar-refractivity contribution in [2.45, 2.75) is 69.5 Å². The molecule has 0 spiro atoms. The van der Waals surface area contributed by atoms with E-state index in [-0.39, 0.29) is 30.2 Å². The van der Waals surface area contributed by atoms with Crippen molar-refractivity contribution in [1.82, 2.24) is 10.2 Å². The maximum absolute atomic E-state index is 13.4. The Labute approximate surface area is 205 Å². The molecule has 0 aromatic heterocycles. The Bertz CT molecular complexity index is 910. The van der Waals surface area contributed by atoms with Crippen LogP contribution in [0.15, 0.2) is 47.4 Å². The van der Waals surface area contributed by atoms with Gasteiger partial charge in [-0.05, 0) is 50.5 Å². The summed E-state index contributed by atoms with van der Waals surface area (Å²) in [7, 11) is 0. The summed E-state index contributed by atoms with van der Waals surface area (Å²) >= 11 is 14.3. The lowest BCUT2D eigenvalue weighted by Gasteiger charge is -2.32. The second-order valence-electron chi connectivity index (χ2n) is 8.24. The van der Waals surface area contributed by atoms with Gasteiger partial charge in [-0.15, -0.1) is 11.8 Å². The minimum absolute atomic E-state index is 0.101. The van der Waals surface area contributed by atoms with Gasteiger partial charge in [0.2, 0.25) is 11.8 Å². The van der Waals surface area contributed by atoms with E-state index in [2.05, 4.69) is 5.32 Å². The zero-order valence-corrected chi connectivity index (χ0v) is 20.9. The van der Waals surface area contributed by atoms with Crippen molar-refractivity contribution in [2.75, 3.05) is 5.75 Å². The van der Waals surface area contributed by atoms with Crippen LogP contribution in [0.1, 0.15) is 50.2 Å². The van der Waals surface area contributed by atoms with Crippen LogP contribution in [0.25, 0.3) is 0 Å². The fraction of sp³-hybridized carbons (Fsp3) is 0.440. The second-order valence-corrected chi connectivity index (χ2v) is 10.1. The van der Waals surface area contributed by atoms with Crippen LogP contribution in [0.5, 0.6) is 0 Å². The summed E-state index contributed by atoms with van der Waals surface area (Å²) in [5, 5.41) is 4.14. The summed E-state index contributed by atoms with van der Waals surface area (Å²) in [5.74, 6) is 0.0227. The Morgan fingerprint density at radius 2 is 1.72 bits per heavy atom. The first-order valence-corrected chi connectivity index (χ1v) is 12.9. The number of nitrogens with one attached hydrogen (secondary N) is 1. The van der Waals surface area contributed by atoms with Gasteiger partial charge in [0.25, 0.3) is 0 Å². The molecule has 1 atom stereocenters. The molecule has 2 amide bonds. The van der Waals surface area contributed by atoms with Gasteiger partial charge >= 0.3 is 0 Å². The Hall–Kier alpha value is -1.69. The maximum atomic E-state index is 13.4. The van der Waals surface area contributed by atoms with Gasteiger partial charge in [-0.2, -0.15) is 0 Å². The van der Waals surface area contributed by atoms with Gasteiger partial charge in [0.05, 0.1) is 5.75 Å². The predicted molar refractivity (Wildman–Crippen MR) is 133 cm³/mol. The zero-order valence-electron chi connectivity index (χ0n) is 18.6. The molecule has 1 aliphatic carbocycles. The van der Waals surface area contributed by atoms with E-state index >= 15 is 0 Å². The number of amides is 2. The molecule has 0 bridgehead atoms. The van der Waals surface area contributed by atoms with Gasteiger partial charge in [0.1, 0.15) is 6.04 Å². The first kappa shape index (κ1) is 24.9. The monoisotopic (exact) mass is 492 g/mol. The lowest BCUT2D eigenvalue weighted by molar-refractivity contribution is -0.139. The number of halogens is 2. The number of hydrogen-bond acceptors (Lipinski definition) is 3. The summed E-state index contributed by atoms with van der Waals surface area (Å²) in [6.07, 6.45) is 4.77. The maximum Gasteiger partial charge on any atom is 0.243 e. The number of hydrogen-bond donors (Lipinski definition) is 1. The fourth-order valence-electron chi connectivity index (χ4n) is 4.00. The van der Waals surface area contributed by atoms with E-state index < -0.39 is 6.04 Å². The topological polar surface area (TPSA) is 49.4 Å². The van der Waals surface area contributed by atoms with Gasteiger partial charge in [-0.25, -0.2) is 0 Å². The molecular weight excluding hydrogens is 463 g/mol. The molecule has 0 heterocycles. The third-order valence-electron chi connectivity index (χ3n) is 5.86. The number of benzene rings is 2. The van der Waals surface area contributed by atoms with Crippen molar-refractivity contribution < 1.29 is 9.59 Å². The van der Waals surface area contributed by atoms with Crippen LogP contribution in [0.2, 0.25) is 10.0 Å². The van der Waals surface area contributed by atoms with E-state index in [0.29, 0.717) is 22.0 Å². The van der Waals surface area contributed by atoms with E-state index in [0.717, 1.165) is 30.6 Å². The Balaban J connectivity index is 1.80. The molecule has 0 aliphatic heterocycles. The summed E-state index contributed by atoms with van der Waals surface area (Å²) in [6.45, 7) is 4.16. The molecule has 172 valence electrons. The quantitative estimate of drug-likeness (QED) is 0.420. The Kier molecular flexibility index (Phi) is 9.33. The van der Waals surface area contributed by atoms with Gasteiger partial charge in [-0.1, -0.05) is 66.7 Å². The average Bonchev–Trinajstić information content (AvgIpc) is 3.28. The molecule has 0 unspecified atom stereocenters. The van der Waals surface area contributed by atoms with Crippen molar-refractivity contribution in [1.29, 1.82) is 0 Å². The van der Waals surface area contributed by atoms with E-state index in [9.17, 15) is 9.59 Å². The first-order chi connectivity index (χ1) is 15.4. The number of carbonyl (C=O) groups is 2. The first-order valence-electron chi connectivity index (χ1n) is 11.1. The summed E-state index contributed by atoms with van der Waals surface area (Å²) in [4.78, 5) is 29.2. The van der Waals surface area contributed by atoms with Gasteiger partial charge in [-0.3, -0.25) is 9.59 Å². The molecule has 32 heavy (non-hydrogen) atoms. The highest BCUT2D eigenvalue weighted by molar-refractivity contribution is 8.00. The average molecular weight is 494 g/mol. The third-order valence-corrected chi connectivity index (χ3v) is 7.57. The molecule has 0 radical (unpaired) electrons. The summed E-state index contributed by atoms with van der Waals surface area (Å²) < 4.78 is 0. The van der Waals surface area contributed by atoms with Crippen molar-refractivity contribution in [2.24, 2.45) is 0 Å². The van der Waals surface area contributed by atoms with Gasteiger partial charge in [0.15, 0.2) is 0 Å². The van der Waals surface area contributed by atoms with Crippen LogP contribution < -0.4 is 5.32 Å². The van der Waals surface area contributed by atoms with E-state index in [1.165, 1.54) is 17.3 Å². The second kappa shape index (κ2) is 12.0. The Morgan fingerprint density at radius 1 is 1.09 bits per heavy atom. The van der Waals surface area contributed by atoms with Crippen LogP contribution in [0.4, 0.5) is 0 Å². The van der Waals surface area contributed by atoms with Crippen LogP contribution >= 0.6 is 35.0 Å². The largest absolute Gasteiger partial charge is 0.352 e. The molecule has 0 saturated heterocycles. The molecular formula is C25H30Cl2N2O2S. The number of aryl methyl sites for hydroxylation is 1. The Morgan fingerprint density at radius 3 is 2.31 bits per heavy atom. The number of thioether (sulfide) groups is 1. The molecule has 1 N–H and O–H groups in total. The van der Waals surface area contributed by atoms with Crippen molar-refractivity contribution >= 4 is 46.8 Å². The normalized spacial score (nSPS) is 14.9. The lowest BCUT2D eigenvalue weighted by atomic mass is 10.1. The number of rotatable bonds is 9. The van der Waals surface area contributed by atoms with E-state index in [1.54, 1.807) is 23.1 Å². The van der Waals surface area contributed by atoms with Crippen LogP contribution in [0.3, 0.4) is 0 Å². The molecule has 1 aliphatic rings. The molecule has 3 rings (SSSR count). The summed E-state index contributed by atoms with van der Waals surface area (Å²) in [6, 6.07) is 13.0. The lowest BCUT2D eigenvalue weighted by Crippen LogP contribution is -2.51. The molecule has 1 saturated carbocycles. The van der Waals surface area contributed by atoms with Crippen molar-refractivity contribution in [3.63, 3.8) is 0 Å². The molecule has 2 aromatic carbocycles. The van der Waals surface area contributed by atoms with Crippen LogP contribution in [-0.2, 0) is 16.1 Å². The highest BCUT2D eigenvalue weighted by Gasteiger charge is 2.31. The molecule has 1 fully saturated rings. The highest BCUT2D eigenvalue weighted by atomic mass is 35.5. The highest BCUT2D eigenvalue weighted by Crippen LogP contribution is 2.28. The minimum atomic E-state index is -0.575. The van der Waals surface area contributed by atoms with E-state index in [1.807, 2.05) is 38.1 Å². The van der Waals surface area contributed by atoms with Crippen molar-refractivity contribution in [3.8, 4) is 0 Å². The van der Waals surface area contributed by atoms with Crippen LogP contribution in [-0.4, -0.2) is 34.6 Å². The SMILES string of the molecule is CC[C@H](C(=O)NC1CCCC1)N(Cc1c(Cl)cccc1Cl)C(=O)CSc1ccc(C)cc1. The van der Waals surface area contributed by atoms with Gasteiger partial charge in [0, 0.05) is 33.1 Å². The molecule has 2 aromatic rings. The molecule has 7 heteroatoms. The molecule has 4 nitrogen and oxygen atoms in total. The number of carbonyl (C=O) groups excluding carboxylic acids is 2. The standard InChI is InChI=1S/C25H30Cl2N2O2S/c1-3-23(25(31)28-18-7-4-5-8-18)29(15-20-21(26)9-6-10-22(20)27)24(30)16-32-19-13-11-17(2)12-14-19/h6,9-14,18,23H,3-5,7-8,15-16H2,1-2H3,(H,28,31)/t23-/m1/s1. The zero-order chi connectivity index (χ0) is 23.1. The van der Waals surface area contributed by atoms with Gasteiger partial charge < -0.3 is 10.2 Å². The number of nitrogens with zero attached hydrogens (tertiary/aromatic N) is 1. The minimum Gasteiger partial charge on any atom is -0.352 e. The van der Waals surface area contributed by atoms with Crippen LogP contribution in [0, 0.1) is 6.92 Å². The third kappa shape index (κ3) is 6.66. The fourth-order valence-corrected chi connectivity index (χ4v) is 5.30. The smallest absolute Gasteiger partial charge is 0.243 e.